The average Bonchev–Trinajstić information content (AvgIpc) is 2.86. The van der Waals surface area contributed by atoms with Gasteiger partial charge in [0.1, 0.15) is 29.1 Å². The third-order valence-electron chi connectivity index (χ3n) is 5.82. The van der Waals surface area contributed by atoms with Gasteiger partial charge < -0.3 is 15.0 Å². The molecule has 1 fully saturated rings. The van der Waals surface area contributed by atoms with Crippen LogP contribution >= 0.6 is 0 Å². The smallest absolute Gasteiger partial charge is 0.433 e. The molecule has 0 aliphatic carbocycles. The lowest BCUT2D eigenvalue weighted by atomic mass is 10.0. The zero-order chi connectivity index (χ0) is 25.0. The van der Waals surface area contributed by atoms with Gasteiger partial charge in [0.2, 0.25) is 5.91 Å². The quantitative estimate of drug-likeness (QED) is 0.508. The van der Waals surface area contributed by atoms with Crippen molar-refractivity contribution in [1.29, 1.82) is 0 Å². The van der Waals surface area contributed by atoms with Crippen LogP contribution in [0.4, 0.5) is 29.1 Å². The van der Waals surface area contributed by atoms with Crippen molar-refractivity contribution in [2.24, 2.45) is 0 Å². The number of nitrogens with one attached hydrogen (secondary N) is 1. The van der Waals surface area contributed by atoms with Crippen LogP contribution in [0.1, 0.15) is 17.3 Å². The molecule has 1 N–H and O–H groups in total. The molecular formula is C25H24F4N4O2. The zero-order valence-corrected chi connectivity index (χ0v) is 18.9. The van der Waals surface area contributed by atoms with Crippen molar-refractivity contribution in [3.63, 3.8) is 0 Å². The first kappa shape index (κ1) is 24.5. The Kier molecular flexibility index (Phi) is 7.20. The number of hydrogen-bond acceptors (Lipinski definition) is 5. The van der Waals surface area contributed by atoms with Crippen LogP contribution in [0.15, 0.2) is 66.7 Å². The number of pyridine rings is 1. The lowest BCUT2D eigenvalue weighted by molar-refractivity contribution is -0.141. The molecule has 0 bridgehead atoms. The molecule has 2 heterocycles. The third kappa shape index (κ3) is 5.89. The molecule has 0 radical (unpaired) electrons. The van der Waals surface area contributed by atoms with E-state index in [1.807, 2.05) is 4.90 Å². The summed E-state index contributed by atoms with van der Waals surface area (Å²) in [7, 11) is 1.55. The van der Waals surface area contributed by atoms with Crippen LogP contribution in [-0.4, -0.2) is 49.1 Å². The fourth-order valence-electron chi connectivity index (χ4n) is 4.02. The van der Waals surface area contributed by atoms with Crippen LogP contribution in [-0.2, 0) is 11.0 Å². The maximum Gasteiger partial charge on any atom is 0.433 e. The van der Waals surface area contributed by atoms with Gasteiger partial charge in [-0.1, -0.05) is 18.2 Å². The minimum absolute atomic E-state index is 0.247. The number of methoxy groups -OCH3 is 1. The molecule has 2 aromatic carbocycles. The van der Waals surface area contributed by atoms with Gasteiger partial charge in [0.05, 0.1) is 7.11 Å². The summed E-state index contributed by atoms with van der Waals surface area (Å²) in [5.74, 6) is 0.185. The van der Waals surface area contributed by atoms with Gasteiger partial charge in [-0.15, -0.1) is 0 Å². The van der Waals surface area contributed by atoms with E-state index in [9.17, 15) is 22.4 Å². The first-order valence-electron chi connectivity index (χ1n) is 11.0. The second-order valence-corrected chi connectivity index (χ2v) is 8.07. The summed E-state index contributed by atoms with van der Waals surface area (Å²) >= 11 is 0. The highest BCUT2D eigenvalue weighted by Gasteiger charge is 2.34. The molecule has 1 aliphatic rings. The van der Waals surface area contributed by atoms with Gasteiger partial charge in [0.15, 0.2) is 0 Å². The second-order valence-electron chi connectivity index (χ2n) is 8.07. The van der Waals surface area contributed by atoms with Crippen LogP contribution in [0.3, 0.4) is 0 Å². The van der Waals surface area contributed by atoms with Gasteiger partial charge in [-0.05, 0) is 54.1 Å². The summed E-state index contributed by atoms with van der Waals surface area (Å²) in [5.41, 5.74) is 0.255. The van der Waals surface area contributed by atoms with Gasteiger partial charge in [0.25, 0.3) is 0 Å². The van der Waals surface area contributed by atoms with Crippen molar-refractivity contribution in [2.75, 3.05) is 43.5 Å². The molecule has 1 saturated heterocycles. The van der Waals surface area contributed by atoms with Crippen molar-refractivity contribution < 1.29 is 27.1 Å². The van der Waals surface area contributed by atoms with Crippen molar-refractivity contribution in [3.05, 3.63) is 83.8 Å². The average molecular weight is 488 g/mol. The number of hydrogen-bond donors (Lipinski definition) is 1. The molecule has 3 aromatic rings. The van der Waals surface area contributed by atoms with E-state index < -0.39 is 23.7 Å². The van der Waals surface area contributed by atoms with Crippen LogP contribution in [0.5, 0.6) is 5.75 Å². The summed E-state index contributed by atoms with van der Waals surface area (Å²) < 4.78 is 57.7. The number of alkyl halides is 3. The van der Waals surface area contributed by atoms with Gasteiger partial charge in [-0.3, -0.25) is 9.69 Å². The summed E-state index contributed by atoms with van der Waals surface area (Å²) in [5, 5.41) is 2.83. The van der Waals surface area contributed by atoms with Crippen LogP contribution in [0, 0.1) is 5.82 Å². The van der Waals surface area contributed by atoms with E-state index in [0.717, 1.165) is 11.6 Å². The minimum Gasteiger partial charge on any atom is -0.497 e. The van der Waals surface area contributed by atoms with Crippen LogP contribution in [0.2, 0.25) is 0 Å². The number of rotatable bonds is 6. The number of nitrogens with zero attached hydrogens (tertiary/aromatic N) is 3. The van der Waals surface area contributed by atoms with Crippen molar-refractivity contribution in [2.45, 2.75) is 12.2 Å². The lowest BCUT2D eigenvalue weighted by Crippen LogP contribution is -2.50. The molecule has 1 unspecified atom stereocenters. The number of anilines is 2. The molecule has 1 atom stereocenters. The molecule has 0 saturated carbocycles. The SMILES string of the molecule is COc1ccc(C(C(=O)Nc2ccc(F)cc2)N2CCN(c3cccc(C(F)(F)F)n3)CC2)cc1. The van der Waals surface area contributed by atoms with E-state index in [2.05, 4.69) is 10.3 Å². The van der Waals surface area contributed by atoms with Crippen molar-refractivity contribution in [1.82, 2.24) is 9.88 Å². The first-order chi connectivity index (χ1) is 16.7. The Morgan fingerprint density at radius 3 is 2.23 bits per heavy atom. The Bertz CT molecular complexity index is 1150. The Hall–Kier alpha value is -3.66. The maximum absolute atomic E-state index is 13.3. The summed E-state index contributed by atoms with van der Waals surface area (Å²) in [6, 6.07) is 15.8. The molecule has 4 rings (SSSR count). The highest BCUT2D eigenvalue weighted by molar-refractivity contribution is 5.95. The number of aromatic nitrogens is 1. The Labute approximate surface area is 200 Å². The number of carbonyl (C=O) groups is 1. The van der Waals surface area contributed by atoms with E-state index in [4.69, 9.17) is 4.74 Å². The van der Waals surface area contributed by atoms with E-state index in [1.165, 1.54) is 30.3 Å². The number of halogens is 4. The molecule has 0 spiro atoms. The first-order valence-corrected chi connectivity index (χ1v) is 11.0. The Balaban J connectivity index is 1.53. The predicted octanol–water partition coefficient (Wildman–Crippen LogP) is 4.75. The van der Waals surface area contributed by atoms with E-state index in [-0.39, 0.29) is 11.7 Å². The molecule has 1 aliphatic heterocycles. The summed E-state index contributed by atoms with van der Waals surface area (Å²) in [4.78, 5) is 20.8. The highest BCUT2D eigenvalue weighted by Crippen LogP contribution is 2.30. The number of amides is 1. The monoisotopic (exact) mass is 488 g/mol. The van der Waals surface area contributed by atoms with Gasteiger partial charge in [-0.2, -0.15) is 13.2 Å². The van der Waals surface area contributed by atoms with Gasteiger partial charge in [-0.25, -0.2) is 9.37 Å². The van der Waals surface area contributed by atoms with Crippen LogP contribution < -0.4 is 15.0 Å². The largest absolute Gasteiger partial charge is 0.497 e. The normalized spacial score (nSPS) is 15.5. The number of benzene rings is 2. The van der Waals surface area contributed by atoms with Crippen molar-refractivity contribution in [3.8, 4) is 5.75 Å². The van der Waals surface area contributed by atoms with Crippen LogP contribution in [0.25, 0.3) is 0 Å². The summed E-state index contributed by atoms with van der Waals surface area (Å²) in [6.45, 7) is 1.63. The molecule has 1 aromatic heterocycles. The highest BCUT2D eigenvalue weighted by atomic mass is 19.4. The lowest BCUT2D eigenvalue weighted by Gasteiger charge is -2.39. The standard InChI is InChI=1S/C25H24F4N4O2/c1-35-20-11-5-17(6-12-20)23(24(34)30-19-9-7-18(26)8-10-19)33-15-13-32(14-16-33)22-4-2-3-21(31-22)25(27,28)29/h2-12,23H,13-16H2,1H3,(H,30,34). The number of ether oxygens (including phenoxy) is 1. The van der Waals surface area contributed by atoms with E-state index in [1.54, 1.807) is 42.3 Å². The molecular weight excluding hydrogens is 464 g/mol. The Morgan fingerprint density at radius 2 is 1.63 bits per heavy atom. The van der Waals surface area contributed by atoms with Gasteiger partial charge >= 0.3 is 6.18 Å². The fourth-order valence-corrected chi connectivity index (χ4v) is 4.02. The molecule has 1 amide bonds. The third-order valence-corrected chi connectivity index (χ3v) is 5.82. The Morgan fingerprint density at radius 1 is 0.971 bits per heavy atom. The topological polar surface area (TPSA) is 57.7 Å². The second kappa shape index (κ2) is 10.3. The summed E-state index contributed by atoms with van der Waals surface area (Å²) in [6.07, 6.45) is -4.52. The fraction of sp³-hybridized carbons (Fsp3) is 0.280. The molecule has 6 nitrogen and oxygen atoms in total. The molecule has 184 valence electrons. The molecule has 10 heteroatoms. The van der Waals surface area contributed by atoms with E-state index in [0.29, 0.717) is 37.6 Å². The molecule has 35 heavy (non-hydrogen) atoms. The maximum atomic E-state index is 13.3. The number of piperazine rings is 1. The minimum atomic E-state index is -4.52. The predicted molar refractivity (Wildman–Crippen MR) is 124 cm³/mol. The van der Waals surface area contributed by atoms with Crippen molar-refractivity contribution >= 4 is 17.4 Å². The van der Waals surface area contributed by atoms with Gasteiger partial charge in [0, 0.05) is 31.9 Å². The number of carbonyl (C=O) groups excluding carboxylic acids is 1. The van der Waals surface area contributed by atoms with E-state index >= 15 is 0 Å². The zero-order valence-electron chi connectivity index (χ0n) is 18.9.